The molecule has 0 bridgehead atoms. The molecule has 1 atom stereocenters. The van der Waals surface area contributed by atoms with Crippen LogP contribution in [0.1, 0.15) is 56.6 Å². The predicted octanol–water partition coefficient (Wildman–Crippen LogP) is 4.16. The van der Waals surface area contributed by atoms with Crippen LogP contribution in [0.4, 0.5) is 0 Å². The van der Waals surface area contributed by atoms with Gasteiger partial charge in [0.15, 0.2) is 11.5 Å². The van der Waals surface area contributed by atoms with Gasteiger partial charge in [0.05, 0.1) is 13.2 Å². The molecule has 1 heterocycles. The van der Waals surface area contributed by atoms with Crippen molar-refractivity contribution in [1.82, 2.24) is 0 Å². The third kappa shape index (κ3) is 3.59. The van der Waals surface area contributed by atoms with Crippen LogP contribution in [0.2, 0.25) is 0 Å². The van der Waals surface area contributed by atoms with Crippen molar-refractivity contribution in [2.75, 3.05) is 13.2 Å². The summed E-state index contributed by atoms with van der Waals surface area (Å²) in [5.74, 6) is 1.55. The van der Waals surface area contributed by atoms with Crippen molar-refractivity contribution in [2.45, 2.75) is 51.0 Å². The van der Waals surface area contributed by atoms with Gasteiger partial charge in [-0.1, -0.05) is 25.0 Å². The molecule has 3 rings (SSSR count). The summed E-state index contributed by atoms with van der Waals surface area (Å²) in [7, 11) is 0. The summed E-state index contributed by atoms with van der Waals surface area (Å²) in [5, 5.41) is 10.7. The number of allylic oxidation sites excluding steroid dienone is 1. The number of aliphatic hydroxyl groups excluding tert-OH is 1. The van der Waals surface area contributed by atoms with Gasteiger partial charge in [-0.05, 0) is 49.0 Å². The minimum atomic E-state index is -0.514. The number of ether oxygens (including phenoxy) is 2. The Hall–Kier alpha value is -1.48. The smallest absolute Gasteiger partial charge is 0.161 e. The number of benzene rings is 1. The van der Waals surface area contributed by atoms with E-state index in [1.165, 1.54) is 25.7 Å². The third-order valence-corrected chi connectivity index (χ3v) is 4.26. The molecule has 114 valence electrons. The summed E-state index contributed by atoms with van der Waals surface area (Å²) < 4.78 is 11.4. The van der Waals surface area contributed by atoms with E-state index in [1.807, 2.05) is 18.2 Å². The molecule has 0 spiro atoms. The topological polar surface area (TPSA) is 38.7 Å². The Balaban J connectivity index is 1.80. The molecule has 0 fully saturated rings. The number of aliphatic hydroxyl groups is 1. The van der Waals surface area contributed by atoms with Crippen LogP contribution in [0.15, 0.2) is 29.8 Å². The molecule has 3 nitrogen and oxygen atoms in total. The molecule has 0 radical (unpaired) electrons. The highest BCUT2D eigenvalue weighted by atomic mass is 16.5. The molecular weight excluding hydrogens is 264 g/mol. The van der Waals surface area contributed by atoms with Gasteiger partial charge < -0.3 is 14.6 Å². The number of hydrogen-bond acceptors (Lipinski definition) is 3. The highest BCUT2D eigenvalue weighted by Crippen LogP contribution is 2.35. The Morgan fingerprint density at radius 2 is 1.71 bits per heavy atom. The first-order chi connectivity index (χ1) is 10.3. The van der Waals surface area contributed by atoms with E-state index in [4.69, 9.17) is 9.47 Å². The Morgan fingerprint density at radius 3 is 2.62 bits per heavy atom. The fourth-order valence-electron chi connectivity index (χ4n) is 3.03. The Kier molecular flexibility index (Phi) is 4.81. The summed E-state index contributed by atoms with van der Waals surface area (Å²) in [5.41, 5.74) is 2.07. The zero-order valence-corrected chi connectivity index (χ0v) is 12.5. The first-order valence-corrected chi connectivity index (χ1v) is 8.11. The van der Waals surface area contributed by atoms with E-state index in [2.05, 4.69) is 6.08 Å². The highest BCUT2D eigenvalue weighted by molar-refractivity contribution is 5.45. The molecule has 0 amide bonds. The molecule has 1 N–H and O–H groups in total. The SMILES string of the molecule is OC(/C1=C/CCCCCC1)c1ccc2c(c1)OCCCO2. The zero-order valence-electron chi connectivity index (χ0n) is 12.5. The van der Waals surface area contributed by atoms with Gasteiger partial charge in [0, 0.05) is 6.42 Å². The average Bonchev–Trinajstić information content (AvgIpc) is 2.70. The molecule has 3 heteroatoms. The minimum Gasteiger partial charge on any atom is -0.490 e. The molecule has 1 unspecified atom stereocenters. The fourth-order valence-corrected chi connectivity index (χ4v) is 3.03. The van der Waals surface area contributed by atoms with Crippen LogP contribution in [0, 0.1) is 0 Å². The van der Waals surface area contributed by atoms with Crippen molar-refractivity contribution in [1.29, 1.82) is 0 Å². The van der Waals surface area contributed by atoms with Gasteiger partial charge in [-0.3, -0.25) is 0 Å². The van der Waals surface area contributed by atoms with Crippen molar-refractivity contribution in [3.63, 3.8) is 0 Å². The lowest BCUT2D eigenvalue weighted by molar-refractivity contribution is 0.208. The monoisotopic (exact) mass is 288 g/mol. The highest BCUT2D eigenvalue weighted by Gasteiger charge is 2.18. The Bertz CT molecular complexity index is 507. The molecule has 0 aromatic heterocycles. The second kappa shape index (κ2) is 6.99. The predicted molar refractivity (Wildman–Crippen MR) is 82.8 cm³/mol. The van der Waals surface area contributed by atoms with E-state index in [1.54, 1.807) is 0 Å². The van der Waals surface area contributed by atoms with E-state index in [0.29, 0.717) is 13.2 Å². The van der Waals surface area contributed by atoms with Crippen molar-refractivity contribution in [2.24, 2.45) is 0 Å². The first kappa shape index (κ1) is 14.5. The summed E-state index contributed by atoms with van der Waals surface area (Å²) in [6.07, 6.45) is 9.68. The van der Waals surface area contributed by atoms with Gasteiger partial charge in [0.1, 0.15) is 6.10 Å². The van der Waals surface area contributed by atoms with Crippen molar-refractivity contribution in [3.05, 3.63) is 35.4 Å². The van der Waals surface area contributed by atoms with Crippen LogP contribution in [0.3, 0.4) is 0 Å². The lowest BCUT2D eigenvalue weighted by atomic mass is 9.93. The lowest BCUT2D eigenvalue weighted by Crippen LogP contribution is -2.04. The summed E-state index contributed by atoms with van der Waals surface area (Å²) in [6.45, 7) is 1.37. The van der Waals surface area contributed by atoms with E-state index >= 15 is 0 Å². The number of fused-ring (bicyclic) bond motifs is 1. The molecule has 1 aliphatic heterocycles. The molecule has 1 aliphatic carbocycles. The van der Waals surface area contributed by atoms with Gasteiger partial charge in [-0.25, -0.2) is 0 Å². The second-order valence-corrected chi connectivity index (χ2v) is 5.89. The molecule has 2 aliphatic rings. The van der Waals surface area contributed by atoms with Crippen molar-refractivity contribution >= 4 is 0 Å². The Labute approximate surface area is 126 Å². The first-order valence-electron chi connectivity index (χ1n) is 8.11. The van der Waals surface area contributed by atoms with Gasteiger partial charge in [0.2, 0.25) is 0 Å². The Morgan fingerprint density at radius 1 is 0.905 bits per heavy atom. The van der Waals surface area contributed by atoms with Crippen LogP contribution in [-0.2, 0) is 0 Å². The van der Waals surface area contributed by atoms with Crippen LogP contribution in [0.25, 0.3) is 0 Å². The van der Waals surface area contributed by atoms with E-state index in [-0.39, 0.29) is 0 Å². The van der Waals surface area contributed by atoms with Crippen LogP contribution < -0.4 is 9.47 Å². The summed E-state index contributed by atoms with van der Waals surface area (Å²) >= 11 is 0. The van der Waals surface area contributed by atoms with Gasteiger partial charge in [-0.15, -0.1) is 0 Å². The standard InChI is InChI=1S/C18H24O3/c19-18(14-7-4-2-1-3-5-8-14)15-9-10-16-17(13-15)21-12-6-11-20-16/h7,9-10,13,18-19H,1-6,8,11-12H2/b14-7+. The fraction of sp³-hybridized carbons (Fsp3) is 0.556. The van der Waals surface area contributed by atoms with Gasteiger partial charge in [-0.2, -0.15) is 0 Å². The van der Waals surface area contributed by atoms with E-state index in [9.17, 15) is 5.11 Å². The summed E-state index contributed by atoms with van der Waals surface area (Å²) in [4.78, 5) is 0. The normalized spacial score (nSPS) is 23.2. The molecule has 1 aromatic rings. The van der Waals surface area contributed by atoms with E-state index < -0.39 is 6.10 Å². The largest absolute Gasteiger partial charge is 0.490 e. The van der Waals surface area contributed by atoms with Crippen LogP contribution in [-0.4, -0.2) is 18.3 Å². The number of hydrogen-bond donors (Lipinski definition) is 1. The van der Waals surface area contributed by atoms with Gasteiger partial charge >= 0.3 is 0 Å². The second-order valence-electron chi connectivity index (χ2n) is 5.89. The van der Waals surface area contributed by atoms with Crippen LogP contribution >= 0.6 is 0 Å². The van der Waals surface area contributed by atoms with E-state index in [0.717, 1.165) is 41.9 Å². The third-order valence-electron chi connectivity index (χ3n) is 4.26. The molecule has 0 saturated carbocycles. The molecule has 0 saturated heterocycles. The van der Waals surface area contributed by atoms with Crippen molar-refractivity contribution in [3.8, 4) is 11.5 Å². The molecule has 21 heavy (non-hydrogen) atoms. The number of rotatable bonds is 2. The van der Waals surface area contributed by atoms with Gasteiger partial charge in [0.25, 0.3) is 0 Å². The molecular formula is C18H24O3. The maximum atomic E-state index is 10.7. The maximum absolute atomic E-state index is 10.7. The van der Waals surface area contributed by atoms with Crippen molar-refractivity contribution < 1.29 is 14.6 Å². The average molecular weight is 288 g/mol. The van der Waals surface area contributed by atoms with Crippen LogP contribution in [0.5, 0.6) is 11.5 Å². The lowest BCUT2D eigenvalue weighted by Gasteiger charge is -2.19. The minimum absolute atomic E-state index is 0.514. The maximum Gasteiger partial charge on any atom is 0.161 e. The zero-order chi connectivity index (χ0) is 14.5. The molecule has 1 aromatic carbocycles. The quantitative estimate of drug-likeness (QED) is 0.830. The summed E-state index contributed by atoms with van der Waals surface area (Å²) in [6, 6.07) is 5.81.